The minimum atomic E-state index is -3.43. The molecule has 0 bridgehead atoms. The van der Waals surface area contributed by atoms with Gasteiger partial charge >= 0.3 is 0 Å². The van der Waals surface area contributed by atoms with Crippen molar-refractivity contribution in [2.24, 2.45) is 11.7 Å². The maximum Gasteiger partial charge on any atom is 0.258 e. The van der Waals surface area contributed by atoms with Crippen LogP contribution >= 0.6 is 0 Å². The van der Waals surface area contributed by atoms with Crippen molar-refractivity contribution in [3.8, 4) is 11.1 Å². The number of nitrogens with two attached hydrogens (primary N) is 1. The fraction of sp³-hybridized carbons (Fsp3) is 0.286. The van der Waals surface area contributed by atoms with Gasteiger partial charge in [-0.25, -0.2) is 8.42 Å². The zero-order valence-electron chi connectivity index (χ0n) is 16.3. The molecule has 0 unspecified atom stereocenters. The van der Waals surface area contributed by atoms with Crippen LogP contribution in [0.5, 0.6) is 0 Å². The standard InChI is InChI=1S/C21H25N3O3S/c1-14(2)13-24-19(12-22)20(15-7-5-4-6-8-15)18-11-16(23-28(3,26)27)9-10-17(18)21(24)25/h4-11,14,23H,12-13,22H2,1-3H3. The summed E-state index contributed by atoms with van der Waals surface area (Å²) in [5, 5.41) is 1.22. The van der Waals surface area contributed by atoms with Gasteiger partial charge in [0, 0.05) is 35.4 Å². The summed E-state index contributed by atoms with van der Waals surface area (Å²) in [6.45, 7) is 4.87. The van der Waals surface area contributed by atoms with Gasteiger partial charge in [0.15, 0.2) is 0 Å². The molecule has 3 rings (SSSR count). The van der Waals surface area contributed by atoms with Gasteiger partial charge in [-0.05, 0) is 35.1 Å². The van der Waals surface area contributed by atoms with Crippen LogP contribution in [0.2, 0.25) is 0 Å². The molecular formula is C21H25N3O3S. The number of hydrogen-bond acceptors (Lipinski definition) is 4. The number of pyridine rings is 1. The molecule has 0 saturated carbocycles. The van der Waals surface area contributed by atoms with Crippen molar-refractivity contribution in [1.82, 2.24) is 4.57 Å². The van der Waals surface area contributed by atoms with Crippen LogP contribution in [0.1, 0.15) is 19.5 Å². The Morgan fingerprint density at radius 3 is 2.32 bits per heavy atom. The van der Waals surface area contributed by atoms with Gasteiger partial charge in [0.2, 0.25) is 10.0 Å². The molecule has 0 saturated heterocycles. The van der Waals surface area contributed by atoms with Crippen molar-refractivity contribution in [2.45, 2.75) is 26.9 Å². The predicted octanol–water partition coefficient (Wildman–Crippen LogP) is 3.15. The maximum absolute atomic E-state index is 13.2. The average molecular weight is 400 g/mol. The molecule has 0 aliphatic rings. The molecule has 148 valence electrons. The zero-order valence-corrected chi connectivity index (χ0v) is 17.1. The summed E-state index contributed by atoms with van der Waals surface area (Å²) in [6, 6.07) is 14.7. The van der Waals surface area contributed by atoms with E-state index in [1.807, 2.05) is 30.3 Å². The van der Waals surface area contributed by atoms with Crippen molar-refractivity contribution in [3.05, 3.63) is 64.6 Å². The van der Waals surface area contributed by atoms with E-state index in [9.17, 15) is 13.2 Å². The maximum atomic E-state index is 13.2. The minimum Gasteiger partial charge on any atom is -0.325 e. The van der Waals surface area contributed by atoms with Crippen LogP contribution < -0.4 is 16.0 Å². The molecule has 0 aliphatic heterocycles. The molecule has 0 amide bonds. The number of anilines is 1. The van der Waals surface area contributed by atoms with Gasteiger partial charge in [0.05, 0.1) is 6.26 Å². The number of fused-ring (bicyclic) bond motifs is 1. The first-order valence-corrected chi connectivity index (χ1v) is 11.0. The molecular weight excluding hydrogens is 374 g/mol. The minimum absolute atomic E-state index is 0.116. The number of nitrogens with one attached hydrogen (secondary N) is 1. The molecule has 0 radical (unpaired) electrons. The molecule has 7 heteroatoms. The summed E-state index contributed by atoms with van der Waals surface area (Å²) >= 11 is 0. The SMILES string of the molecule is CC(C)Cn1c(CN)c(-c2ccccc2)c2cc(NS(C)(=O)=O)ccc2c1=O. The number of aromatic nitrogens is 1. The molecule has 0 atom stereocenters. The van der Waals surface area contributed by atoms with Crippen LogP contribution in [0.15, 0.2) is 53.3 Å². The highest BCUT2D eigenvalue weighted by molar-refractivity contribution is 7.92. The fourth-order valence-corrected chi connectivity index (χ4v) is 4.03. The molecule has 0 aliphatic carbocycles. The Morgan fingerprint density at radius 2 is 1.75 bits per heavy atom. The molecule has 1 heterocycles. The van der Waals surface area contributed by atoms with Crippen LogP contribution in [-0.4, -0.2) is 19.2 Å². The summed E-state index contributed by atoms with van der Waals surface area (Å²) in [5.41, 5.74) is 8.92. The highest BCUT2D eigenvalue weighted by atomic mass is 32.2. The lowest BCUT2D eigenvalue weighted by Crippen LogP contribution is -2.28. The summed E-state index contributed by atoms with van der Waals surface area (Å²) in [5.74, 6) is 0.273. The van der Waals surface area contributed by atoms with Crippen LogP contribution in [0.4, 0.5) is 5.69 Å². The lowest BCUT2D eigenvalue weighted by Gasteiger charge is -2.21. The third-order valence-electron chi connectivity index (χ3n) is 4.49. The summed E-state index contributed by atoms with van der Waals surface area (Å²) < 4.78 is 27.6. The molecule has 28 heavy (non-hydrogen) atoms. The Bertz CT molecular complexity index is 1170. The van der Waals surface area contributed by atoms with E-state index in [0.717, 1.165) is 23.1 Å². The number of rotatable bonds is 6. The van der Waals surface area contributed by atoms with Crippen LogP contribution in [-0.2, 0) is 23.1 Å². The Hall–Kier alpha value is -2.64. The van der Waals surface area contributed by atoms with Crippen molar-refractivity contribution >= 4 is 26.5 Å². The van der Waals surface area contributed by atoms with E-state index in [1.54, 1.807) is 22.8 Å². The molecule has 2 aromatic carbocycles. The average Bonchev–Trinajstić information content (AvgIpc) is 2.62. The summed E-state index contributed by atoms with van der Waals surface area (Å²) in [7, 11) is -3.43. The van der Waals surface area contributed by atoms with Gasteiger partial charge in [-0.3, -0.25) is 9.52 Å². The van der Waals surface area contributed by atoms with Crippen LogP contribution in [0, 0.1) is 5.92 Å². The monoisotopic (exact) mass is 399 g/mol. The van der Waals surface area contributed by atoms with Crippen molar-refractivity contribution in [3.63, 3.8) is 0 Å². The number of nitrogens with zero attached hydrogens (tertiary/aromatic N) is 1. The Balaban J connectivity index is 2.43. The molecule has 1 aromatic heterocycles. The highest BCUT2D eigenvalue weighted by Crippen LogP contribution is 2.32. The van der Waals surface area contributed by atoms with E-state index >= 15 is 0 Å². The van der Waals surface area contributed by atoms with Crippen molar-refractivity contribution in [1.29, 1.82) is 0 Å². The van der Waals surface area contributed by atoms with E-state index in [1.165, 1.54) is 0 Å². The first kappa shape index (κ1) is 20.1. The first-order valence-electron chi connectivity index (χ1n) is 9.14. The molecule has 3 aromatic rings. The fourth-order valence-electron chi connectivity index (χ4n) is 3.47. The smallest absolute Gasteiger partial charge is 0.258 e. The molecule has 0 fully saturated rings. The second kappa shape index (κ2) is 7.77. The van der Waals surface area contributed by atoms with Crippen LogP contribution in [0.3, 0.4) is 0 Å². The summed E-state index contributed by atoms with van der Waals surface area (Å²) in [6.07, 6.45) is 1.10. The molecule has 3 N–H and O–H groups in total. The molecule has 6 nitrogen and oxygen atoms in total. The van der Waals surface area contributed by atoms with Gasteiger partial charge in [0.25, 0.3) is 5.56 Å². The van der Waals surface area contributed by atoms with E-state index in [0.29, 0.717) is 23.0 Å². The van der Waals surface area contributed by atoms with Gasteiger partial charge < -0.3 is 10.3 Å². The quantitative estimate of drug-likeness (QED) is 0.666. The van der Waals surface area contributed by atoms with E-state index < -0.39 is 10.0 Å². The third-order valence-corrected chi connectivity index (χ3v) is 5.09. The largest absolute Gasteiger partial charge is 0.325 e. The van der Waals surface area contributed by atoms with Gasteiger partial charge in [0.1, 0.15) is 0 Å². The lowest BCUT2D eigenvalue weighted by atomic mass is 9.96. The number of hydrogen-bond donors (Lipinski definition) is 2. The van der Waals surface area contributed by atoms with E-state index in [4.69, 9.17) is 5.73 Å². The molecule has 0 spiro atoms. The summed E-state index contributed by atoms with van der Waals surface area (Å²) in [4.78, 5) is 13.2. The topological polar surface area (TPSA) is 94.2 Å². The van der Waals surface area contributed by atoms with E-state index in [2.05, 4.69) is 18.6 Å². The highest BCUT2D eigenvalue weighted by Gasteiger charge is 2.18. The van der Waals surface area contributed by atoms with Gasteiger partial charge in [-0.15, -0.1) is 0 Å². The third kappa shape index (κ3) is 4.10. The first-order chi connectivity index (χ1) is 13.2. The van der Waals surface area contributed by atoms with Gasteiger partial charge in [-0.2, -0.15) is 0 Å². The van der Waals surface area contributed by atoms with Crippen molar-refractivity contribution < 1.29 is 8.42 Å². The number of benzene rings is 2. The normalized spacial score (nSPS) is 11.9. The lowest BCUT2D eigenvalue weighted by molar-refractivity contribution is 0.499. The second-order valence-electron chi connectivity index (χ2n) is 7.34. The second-order valence-corrected chi connectivity index (χ2v) is 9.08. The van der Waals surface area contributed by atoms with Crippen LogP contribution in [0.25, 0.3) is 21.9 Å². The van der Waals surface area contributed by atoms with Gasteiger partial charge in [-0.1, -0.05) is 44.2 Å². The Labute approximate surface area is 165 Å². The van der Waals surface area contributed by atoms with E-state index in [-0.39, 0.29) is 18.0 Å². The predicted molar refractivity (Wildman–Crippen MR) is 115 cm³/mol. The number of sulfonamides is 1. The Kier molecular flexibility index (Phi) is 5.58. The Morgan fingerprint density at radius 1 is 1.07 bits per heavy atom. The van der Waals surface area contributed by atoms with Crippen molar-refractivity contribution in [2.75, 3.05) is 11.0 Å². The zero-order chi connectivity index (χ0) is 20.5.